The monoisotopic (exact) mass is 308 g/mol. The molecule has 3 aromatic rings. The van der Waals surface area contributed by atoms with Crippen LogP contribution in [0.2, 0.25) is 0 Å². The van der Waals surface area contributed by atoms with Crippen LogP contribution in [-0.4, -0.2) is 21.3 Å². The summed E-state index contributed by atoms with van der Waals surface area (Å²) in [5.74, 6) is 0.773. The molecule has 2 aromatic heterocycles. The van der Waals surface area contributed by atoms with Gasteiger partial charge >= 0.3 is 0 Å². The van der Waals surface area contributed by atoms with Crippen LogP contribution < -0.4 is 5.32 Å². The zero-order chi connectivity index (χ0) is 15.6. The van der Waals surface area contributed by atoms with E-state index < -0.39 is 0 Å². The summed E-state index contributed by atoms with van der Waals surface area (Å²) in [6, 6.07) is 10.4. The lowest BCUT2D eigenvalue weighted by Gasteiger charge is -2.09. The number of hydrogen-bond donors (Lipinski definition) is 1. The standard InChI is InChI=1S/C18H17FN4/c19-14-4-6-15(7-5-14)23-18-16(3-1-2-10-21-18)17(22-23)13-8-11-20-12-9-13/h4-9,11-12,21H,1-3,10H2. The number of aromatic nitrogens is 3. The van der Waals surface area contributed by atoms with Gasteiger partial charge in [-0.2, -0.15) is 5.10 Å². The molecule has 0 atom stereocenters. The van der Waals surface area contributed by atoms with Crippen LogP contribution in [0, 0.1) is 5.82 Å². The van der Waals surface area contributed by atoms with Crippen LogP contribution in [0.25, 0.3) is 16.9 Å². The third-order valence-corrected chi connectivity index (χ3v) is 4.15. The number of benzene rings is 1. The summed E-state index contributed by atoms with van der Waals surface area (Å²) in [5.41, 5.74) is 4.11. The minimum Gasteiger partial charge on any atom is -0.370 e. The highest BCUT2D eigenvalue weighted by atomic mass is 19.1. The van der Waals surface area contributed by atoms with Gasteiger partial charge in [-0.1, -0.05) is 0 Å². The van der Waals surface area contributed by atoms with Gasteiger partial charge in [0.25, 0.3) is 0 Å². The van der Waals surface area contributed by atoms with Gasteiger partial charge in [0, 0.05) is 30.1 Å². The van der Waals surface area contributed by atoms with Gasteiger partial charge in [-0.05, 0) is 55.7 Å². The normalized spacial score (nSPS) is 14.0. The summed E-state index contributed by atoms with van der Waals surface area (Å²) in [4.78, 5) is 4.08. The molecule has 3 heterocycles. The Kier molecular flexibility index (Phi) is 3.54. The van der Waals surface area contributed by atoms with Gasteiger partial charge in [-0.15, -0.1) is 0 Å². The third-order valence-electron chi connectivity index (χ3n) is 4.15. The van der Waals surface area contributed by atoms with Crippen LogP contribution in [0.3, 0.4) is 0 Å². The molecule has 0 aliphatic carbocycles. The Hall–Kier alpha value is -2.69. The van der Waals surface area contributed by atoms with Crippen LogP contribution in [-0.2, 0) is 6.42 Å². The summed E-state index contributed by atoms with van der Waals surface area (Å²) in [7, 11) is 0. The first kappa shape index (κ1) is 13.9. The van der Waals surface area contributed by atoms with E-state index in [1.807, 2.05) is 16.8 Å². The van der Waals surface area contributed by atoms with Crippen molar-refractivity contribution in [2.75, 3.05) is 11.9 Å². The molecule has 1 aromatic carbocycles. The molecule has 0 spiro atoms. The number of nitrogens with one attached hydrogen (secondary N) is 1. The molecule has 1 aliphatic rings. The molecule has 1 N–H and O–H groups in total. The maximum absolute atomic E-state index is 13.2. The summed E-state index contributed by atoms with van der Waals surface area (Å²) >= 11 is 0. The van der Waals surface area contributed by atoms with E-state index in [-0.39, 0.29) is 5.82 Å². The van der Waals surface area contributed by atoms with E-state index in [2.05, 4.69) is 10.3 Å². The Labute approximate surface area is 134 Å². The molecule has 1 aliphatic heterocycles. The summed E-state index contributed by atoms with van der Waals surface area (Å²) in [5, 5.41) is 8.30. The molecule has 4 rings (SSSR count). The number of halogens is 1. The zero-order valence-electron chi connectivity index (χ0n) is 12.7. The number of pyridine rings is 1. The molecule has 0 bridgehead atoms. The van der Waals surface area contributed by atoms with Crippen molar-refractivity contribution in [1.29, 1.82) is 0 Å². The molecular formula is C18H17FN4. The van der Waals surface area contributed by atoms with Gasteiger partial charge in [0.05, 0.1) is 11.4 Å². The third kappa shape index (κ3) is 2.59. The second-order valence-corrected chi connectivity index (χ2v) is 5.68. The molecule has 0 radical (unpaired) electrons. The highest BCUT2D eigenvalue weighted by molar-refractivity contribution is 5.71. The van der Waals surface area contributed by atoms with Gasteiger partial charge in [0.15, 0.2) is 0 Å². The minimum absolute atomic E-state index is 0.241. The van der Waals surface area contributed by atoms with Gasteiger partial charge in [-0.25, -0.2) is 9.07 Å². The first-order chi connectivity index (χ1) is 11.3. The fourth-order valence-corrected chi connectivity index (χ4v) is 3.01. The quantitative estimate of drug-likeness (QED) is 0.782. The Morgan fingerprint density at radius 1 is 1.00 bits per heavy atom. The van der Waals surface area contributed by atoms with E-state index in [1.54, 1.807) is 24.5 Å². The van der Waals surface area contributed by atoms with Crippen molar-refractivity contribution in [2.24, 2.45) is 0 Å². The van der Waals surface area contributed by atoms with E-state index >= 15 is 0 Å². The van der Waals surface area contributed by atoms with E-state index in [9.17, 15) is 4.39 Å². The van der Waals surface area contributed by atoms with Crippen LogP contribution >= 0.6 is 0 Å². The molecule has 0 unspecified atom stereocenters. The van der Waals surface area contributed by atoms with Crippen molar-refractivity contribution in [3.8, 4) is 16.9 Å². The first-order valence-electron chi connectivity index (χ1n) is 7.85. The average Bonchev–Trinajstić information content (AvgIpc) is 2.78. The van der Waals surface area contributed by atoms with Crippen molar-refractivity contribution >= 4 is 5.82 Å². The smallest absolute Gasteiger partial charge is 0.133 e. The predicted molar refractivity (Wildman–Crippen MR) is 88.2 cm³/mol. The number of anilines is 1. The maximum atomic E-state index is 13.2. The summed E-state index contributed by atoms with van der Waals surface area (Å²) in [6.45, 7) is 0.926. The molecule has 23 heavy (non-hydrogen) atoms. The second-order valence-electron chi connectivity index (χ2n) is 5.68. The van der Waals surface area contributed by atoms with E-state index in [4.69, 9.17) is 5.10 Å². The lowest BCUT2D eigenvalue weighted by Crippen LogP contribution is -2.07. The average molecular weight is 308 g/mol. The molecule has 4 nitrogen and oxygen atoms in total. The Balaban J connectivity index is 1.89. The Morgan fingerprint density at radius 2 is 1.78 bits per heavy atom. The molecule has 5 heteroatoms. The van der Waals surface area contributed by atoms with Crippen molar-refractivity contribution < 1.29 is 4.39 Å². The SMILES string of the molecule is Fc1ccc(-n2nc(-c3ccncc3)c3c2NCCCC3)cc1. The number of fused-ring (bicyclic) bond motifs is 1. The first-order valence-corrected chi connectivity index (χ1v) is 7.85. The van der Waals surface area contributed by atoms with Crippen molar-refractivity contribution in [3.63, 3.8) is 0 Å². The predicted octanol–water partition coefficient (Wildman–Crippen LogP) is 3.82. The molecule has 0 fully saturated rings. The lowest BCUT2D eigenvalue weighted by atomic mass is 10.0. The largest absolute Gasteiger partial charge is 0.370 e. The van der Waals surface area contributed by atoms with E-state index in [0.717, 1.165) is 48.6 Å². The van der Waals surface area contributed by atoms with Gasteiger partial charge in [0.2, 0.25) is 0 Å². The second kappa shape index (κ2) is 5.83. The van der Waals surface area contributed by atoms with Crippen LogP contribution in [0.1, 0.15) is 18.4 Å². The van der Waals surface area contributed by atoms with E-state index in [0.29, 0.717) is 0 Å². The molecular weight excluding hydrogens is 291 g/mol. The molecule has 0 saturated heterocycles. The summed E-state index contributed by atoms with van der Waals surface area (Å²) < 4.78 is 15.1. The number of rotatable bonds is 2. The summed E-state index contributed by atoms with van der Waals surface area (Å²) in [6.07, 6.45) is 6.81. The Bertz CT molecular complexity index is 809. The maximum Gasteiger partial charge on any atom is 0.133 e. The van der Waals surface area contributed by atoms with Crippen LogP contribution in [0.5, 0.6) is 0 Å². The van der Waals surface area contributed by atoms with Gasteiger partial charge < -0.3 is 5.32 Å². The molecule has 0 saturated carbocycles. The molecule has 0 amide bonds. The van der Waals surface area contributed by atoms with Crippen LogP contribution in [0.15, 0.2) is 48.8 Å². The van der Waals surface area contributed by atoms with Crippen molar-refractivity contribution in [3.05, 3.63) is 60.2 Å². The van der Waals surface area contributed by atoms with E-state index in [1.165, 1.54) is 17.7 Å². The fraction of sp³-hybridized carbons (Fsp3) is 0.222. The topological polar surface area (TPSA) is 42.7 Å². The van der Waals surface area contributed by atoms with Gasteiger partial charge in [0.1, 0.15) is 11.6 Å². The number of hydrogen-bond acceptors (Lipinski definition) is 3. The van der Waals surface area contributed by atoms with Gasteiger partial charge in [-0.3, -0.25) is 4.98 Å². The minimum atomic E-state index is -0.241. The number of nitrogens with zero attached hydrogens (tertiary/aromatic N) is 3. The lowest BCUT2D eigenvalue weighted by molar-refractivity contribution is 0.627. The fourth-order valence-electron chi connectivity index (χ4n) is 3.01. The van der Waals surface area contributed by atoms with Crippen molar-refractivity contribution in [1.82, 2.24) is 14.8 Å². The van der Waals surface area contributed by atoms with Crippen molar-refractivity contribution in [2.45, 2.75) is 19.3 Å². The highest BCUT2D eigenvalue weighted by Crippen LogP contribution is 2.33. The zero-order valence-corrected chi connectivity index (χ0v) is 12.7. The molecule has 116 valence electrons. The Morgan fingerprint density at radius 3 is 2.57 bits per heavy atom. The highest BCUT2D eigenvalue weighted by Gasteiger charge is 2.21. The van der Waals surface area contributed by atoms with Crippen LogP contribution in [0.4, 0.5) is 10.2 Å².